The first kappa shape index (κ1) is 31.7. The largest absolute Gasteiger partial charge is 0.493 e. The summed E-state index contributed by atoms with van der Waals surface area (Å²) in [6.45, 7) is 1.55. The van der Waals surface area contributed by atoms with Crippen LogP contribution in [0.1, 0.15) is 51.7 Å². The first-order valence-electron chi connectivity index (χ1n) is 14.1. The van der Waals surface area contributed by atoms with Crippen LogP contribution in [0.15, 0.2) is 47.4 Å². The molecule has 3 aromatic rings. The van der Waals surface area contributed by atoms with Gasteiger partial charge in [-0.3, -0.25) is 29.4 Å². The first-order chi connectivity index (χ1) is 21.7. The third kappa shape index (κ3) is 7.18. The van der Waals surface area contributed by atoms with E-state index in [2.05, 4.69) is 5.32 Å². The molecule has 0 spiro atoms. The molecule has 1 aromatic heterocycles. The van der Waals surface area contributed by atoms with Crippen LogP contribution in [0.25, 0.3) is 6.08 Å². The smallest absolute Gasteiger partial charge is 0.341 e. The van der Waals surface area contributed by atoms with Crippen LogP contribution in [0.3, 0.4) is 0 Å². The number of nitro benzene ring substituents is 1. The zero-order valence-electron chi connectivity index (χ0n) is 24.5. The highest BCUT2D eigenvalue weighted by Crippen LogP contribution is 2.39. The van der Waals surface area contributed by atoms with Gasteiger partial charge in [-0.2, -0.15) is 0 Å². The topological polar surface area (TPSA) is 154 Å². The van der Waals surface area contributed by atoms with Gasteiger partial charge in [-0.25, -0.2) is 4.79 Å². The van der Waals surface area contributed by atoms with E-state index in [9.17, 15) is 29.3 Å². The molecule has 3 amide bonds. The van der Waals surface area contributed by atoms with Crippen molar-refractivity contribution in [2.45, 2.75) is 39.2 Å². The van der Waals surface area contributed by atoms with Crippen molar-refractivity contribution in [3.8, 4) is 11.5 Å². The number of hydrogen-bond acceptors (Lipinski definition) is 11. The molecule has 0 saturated carbocycles. The summed E-state index contributed by atoms with van der Waals surface area (Å²) in [7, 11) is 1.46. The Labute approximate surface area is 266 Å². The highest BCUT2D eigenvalue weighted by atomic mass is 32.2. The average molecular weight is 652 g/mol. The summed E-state index contributed by atoms with van der Waals surface area (Å²) in [6, 6.07) is 11.0. The number of carbonyl (C=O) groups is 4. The number of methoxy groups -OCH3 is 1. The van der Waals surface area contributed by atoms with Crippen LogP contribution >= 0.6 is 23.1 Å². The van der Waals surface area contributed by atoms with E-state index in [4.69, 9.17) is 14.2 Å². The van der Waals surface area contributed by atoms with Crippen LogP contribution in [0.2, 0.25) is 0 Å². The molecule has 0 radical (unpaired) electrons. The molecule has 1 N–H and O–H groups in total. The van der Waals surface area contributed by atoms with E-state index in [1.807, 2.05) is 0 Å². The minimum absolute atomic E-state index is 0.0188. The third-order valence-corrected chi connectivity index (χ3v) is 9.22. The number of nitrogens with one attached hydrogen (secondary N) is 1. The molecule has 1 aliphatic heterocycles. The number of thioether (sulfide) groups is 1. The zero-order chi connectivity index (χ0) is 32.1. The van der Waals surface area contributed by atoms with Gasteiger partial charge in [0.05, 0.1) is 29.1 Å². The van der Waals surface area contributed by atoms with Crippen molar-refractivity contribution in [3.05, 3.63) is 84.6 Å². The number of benzene rings is 2. The van der Waals surface area contributed by atoms with Crippen LogP contribution in [0, 0.1) is 10.1 Å². The predicted octanol–water partition coefficient (Wildman–Crippen LogP) is 5.97. The Morgan fingerprint density at radius 1 is 1.09 bits per heavy atom. The third-order valence-electron chi connectivity index (χ3n) is 7.11. The molecular weight excluding hydrogens is 622 g/mol. The summed E-state index contributed by atoms with van der Waals surface area (Å²) in [5.41, 5.74) is 2.52. The normalized spacial score (nSPS) is 15.2. The lowest BCUT2D eigenvalue weighted by Gasteiger charge is -2.13. The standard InChI is InChI=1S/C31H29N3O9S2/c1-3-42-30(37)27-21-6-4-5-7-24(21)44-28(27)32-26(35)16-33-29(36)25(45-31(33)38)15-19-10-13-22(23(14-19)41-2)43-17-18-8-11-20(12-9-18)34(39)40/h8-15H,3-7,16-17H2,1-2H3,(H,32,35)/b25-15+. The molecule has 0 bridgehead atoms. The molecule has 14 heteroatoms. The molecule has 1 saturated heterocycles. The van der Waals surface area contributed by atoms with Crippen molar-refractivity contribution in [2.75, 3.05) is 25.6 Å². The Morgan fingerprint density at radius 3 is 2.56 bits per heavy atom. The van der Waals surface area contributed by atoms with Crippen LogP contribution in [-0.4, -0.2) is 53.1 Å². The van der Waals surface area contributed by atoms with Gasteiger partial charge in [0.2, 0.25) is 5.91 Å². The van der Waals surface area contributed by atoms with Gasteiger partial charge in [-0.1, -0.05) is 6.07 Å². The van der Waals surface area contributed by atoms with Crippen molar-refractivity contribution in [2.24, 2.45) is 0 Å². The van der Waals surface area contributed by atoms with Gasteiger partial charge in [0.1, 0.15) is 18.2 Å². The number of carbonyl (C=O) groups excluding carboxylic acids is 4. The lowest BCUT2D eigenvalue weighted by Crippen LogP contribution is -2.36. The number of non-ortho nitro benzene ring substituents is 1. The lowest BCUT2D eigenvalue weighted by molar-refractivity contribution is -0.384. The van der Waals surface area contributed by atoms with Gasteiger partial charge in [0, 0.05) is 17.0 Å². The average Bonchev–Trinajstić information content (AvgIpc) is 3.52. The number of hydrogen-bond donors (Lipinski definition) is 1. The van der Waals surface area contributed by atoms with Gasteiger partial charge in [0.25, 0.3) is 16.8 Å². The fourth-order valence-electron chi connectivity index (χ4n) is 4.94. The van der Waals surface area contributed by atoms with Crippen LogP contribution in [-0.2, 0) is 33.8 Å². The van der Waals surface area contributed by atoms with Crippen LogP contribution in [0.4, 0.5) is 15.5 Å². The number of nitrogens with zero attached hydrogens (tertiary/aromatic N) is 2. The van der Waals surface area contributed by atoms with E-state index in [1.165, 1.54) is 36.7 Å². The number of esters is 1. The van der Waals surface area contributed by atoms with E-state index in [0.29, 0.717) is 39.4 Å². The molecule has 45 heavy (non-hydrogen) atoms. The fraction of sp³-hybridized carbons (Fsp3) is 0.290. The van der Waals surface area contributed by atoms with Gasteiger partial charge < -0.3 is 19.5 Å². The Bertz CT molecular complexity index is 1700. The Hall–Kier alpha value is -4.69. The Balaban J connectivity index is 1.25. The monoisotopic (exact) mass is 651 g/mol. The Morgan fingerprint density at radius 2 is 1.84 bits per heavy atom. The second-order valence-electron chi connectivity index (χ2n) is 10.1. The number of thiophene rings is 1. The molecule has 1 fully saturated rings. The summed E-state index contributed by atoms with van der Waals surface area (Å²) in [5, 5.41) is 13.4. The maximum absolute atomic E-state index is 13.1. The quantitative estimate of drug-likeness (QED) is 0.113. The number of ether oxygens (including phenoxy) is 3. The summed E-state index contributed by atoms with van der Waals surface area (Å²) < 4.78 is 16.5. The second-order valence-corrected chi connectivity index (χ2v) is 12.2. The summed E-state index contributed by atoms with van der Waals surface area (Å²) >= 11 is 2.05. The van der Waals surface area contributed by atoms with Gasteiger partial charge >= 0.3 is 5.97 Å². The maximum Gasteiger partial charge on any atom is 0.341 e. The van der Waals surface area contributed by atoms with Crippen molar-refractivity contribution in [1.29, 1.82) is 0 Å². The SMILES string of the molecule is CCOC(=O)c1c(NC(=O)CN2C(=O)S/C(=C/c3ccc(OCc4ccc([N+](=O)[O-])cc4)c(OC)c3)C2=O)sc2c1CCCC2. The fourth-order valence-corrected chi connectivity index (χ4v) is 7.07. The number of aryl methyl sites for hydroxylation is 1. The predicted molar refractivity (Wildman–Crippen MR) is 169 cm³/mol. The van der Waals surface area contributed by atoms with Crippen LogP contribution < -0.4 is 14.8 Å². The molecule has 0 atom stereocenters. The van der Waals surface area contributed by atoms with Crippen molar-refractivity contribution in [1.82, 2.24) is 4.90 Å². The number of amides is 3. The van der Waals surface area contributed by atoms with Gasteiger partial charge in [-0.15, -0.1) is 11.3 Å². The van der Waals surface area contributed by atoms with E-state index in [-0.39, 0.29) is 23.8 Å². The van der Waals surface area contributed by atoms with E-state index < -0.39 is 34.5 Å². The number of anilines is 1. The Kier molecular flexibility index (Phi) is 9.83. The molecule has 2 heterocycles. The lowest BCUT2D eigenvalue weighted by atomic mass is 9.95. The summed E-state index contributed by atoms with van der Waals surface area (Å²) in [5.74, 6) is -0.928. The minimum atomic E-state index is -0.617. The van der Waals surface area contributed by atoms with Crippen molar-refractivity contribution < 1.29 is 38.3 Å². The minimum Gasteiger partial charge on any atom is -0.493 e. The number of imide groups is 1. The molecule has 2 aromatic carbocycles. The molecule has 2 aliphatic rings. The maximum atomic E-state index is 13.1. The molecule has 234 valence electrons. The summed E-state index contributed by atoms with van der Waals surface area (Å²) in [4.78, 5) is 64.0. The van der Waals surface area contributed by atoms with Crippen molar-refractivity contribution >= 4 is 62.9 Å². The molecular formula is C31H29N3O9S2. The van der Waals surface area contributed by atoms with Gasteiger partial charge in [0.15, 0.2) is 11.5 Å². The van der Waals surface area contributed by atoms with E-state index >= 15 is 0 Å². The highest BCUT2D eigenvalue weighted by molar-refractivity contribution is 8.18. The highest BCUT2D eigenvalue weighted by Gasteiger charge is 2.37. The van der Waals surface area contributed by atoms with Crippen molar-refractivity contribution in [3.63, 3.8) is 0 Å². The summed E-state index contributed by atoms with van der Waals surface area (Å²) in [6.07, 6.45) is 5.00. The molecule has 12 nitrogen and oxygen atoms in total. The first-order valence-corrected chi connectivity index (χ1v) is 15.7. The van der Waals surface area contributed by atoms with Gasteiger partial charge in [-0.05, 0) is 91.4 Å². The second kappa shape index (κ2) is 13.9. The molecule has 5 rings (SSSR count). The number of fused-ring (bicyclic) bond motifs is 1. The molecule has 1 aliphatic carbocycles. The number of nitro groups is 1. The van der Waals surface area contributed by atoms with Crippen LogP contribution in [0.5, 0.6) is 11.5 Å². The van der Waals surface area contributed by atoms with E-state index in [0.717, 1.165) is 46.6 Å². The van der Waals surface area contributed by atoms with E-state index in [1.54, 1.807) is 37.3 Å². The zero-order valence-corrected chi connectivity index (χ0v) is 26.1. The number of rotatable bonds is 11. The molecule has 0 unspecified atom stereocenters.